The van der Waals surface area contributed by atoms with Crippen molar-refractivity contribution in [1.82, 2.24) is 15.8 Å². The highest BCUT2D eigenvalue weighted by molar-refractivity contribution is 5.95. The lowest BCUT2D eigenvalue weighted by molar-refractivity contribution is -0.119. The van der Waals surface area contributed by atoms with Gasteiger partial charge in [0.15, 0.2) is 0 Å². The van der Waals surface area contributed by atoms with E-state index in [9.17, 15) is 9.59 Å². The van der Waals surface area contributed by atoms with Crippen LogP contribution >= 0.6 is 0 Å². The minimum atomic E-state index is -0.439. The van der Waals surface area contributed by atoms with Crippen LogP contribution in [0.1, 0.15) is 17.4 Å². The summed E-state index contributed by atoms with van der Waals surface area (Å²) < 4.78 is 0. The zero-order chi connectivity index (χ0) is 12.3. The van der Waals surface area contributed by atoms with Crippen molar-refractivity contribution in [2.24, 2.45) is 0 Å². The van der Waals surface area contributed by atoms with E-state index in [0.717, 1.165) is 10.9 Å². The molecule has 2 aromatic rings. The molecule has 0 unspecified atom stereocenters. The first-order chi connectivity index (χ1) is 8.16. The van der Waals surface area contributed by atoms with Crippen molar-refractivity contribution in [2.75, 3.05) is 0 Å². The number of nitrogens with zero attached hydrogens (tertiary/aromatic N) is 1. The first-order valence-corrected chi connectivity index (χ1v) is 5.09. The molecule has 5 nitrogen and oxygen atoms in total. The zero-order valence-electron chi connectivity index (χ0n) is 9.23. The molecule has 0 aliphatic carbocycles. The van der Waals surface area contributed by atoms with Gasteiger partial charge in [-0.25, -0.2) is 4.98 Å². The highest BCUT2D eigenvalue weighted by Crippen LogP contribution is 2.11. The van der Waals surface area contributed by atoms with Crippen LogP contribution in [0, 0.1) is 0 Å². The molecule has 1 aromatic heterocycles. The predicted molar refractivity (Wildman–Crippen MR) is 63.0 cm³/mol. The van der Waals surface area contributed by atoms with E-state index in [-0.39, 0.29) is 11.6 Å². The molecule has 0 aliphatic rings. The average Bonchev–Trinajstić information content (AvgIpc) is 2.35. The lowest BCUT2D eigenvalue weighted by atomic mass is 10.2. The Morgan fingerprint density at radius 2 is 1.82 bits per heavy atom. The Morgan fingerprint density at radius 3 is 2.59 bits per heavy atom. The Labute approximate surface area is 97.8 Å². The van der Waals surface area contributed by atoms with Crippen LogP contribution in [0.4, 0.5) is 0 Å². The van der Waals surface area contributed by atoms with Gasteiger partial charge in [0.2, 0.25) is 5.91 Å². The van der Waals surface area contributed by atoms with E-state index in [1.165, 1.54) is 6.92 Å². The SMILES string of the molecule is CC(=O)NNC(=O)c1ccc2ccccc2n1. The lowest BCUT2D eigenvalue weighted by Crippen LogP contribution is -2.40. The third-order valence-electron chi connectivity index (χ3n) is 2.18. The standard InChI is InChI=1S/C12H11N3O2/c1-8(16)14-15-12(17)11-7-6-9-4-2-3-5-10(9)13-11/h2-7H,1H3,(H,14,16)(H,15,17). The number of hydrogen-bond donors (Lipinski definition) is 2. The van der Waals surface area contributed by atoms with Crippen LogP contribution in [-0.4, -0.2) is 16.8 Å². The number of carbonyl (C=O) groups is 2. The summed E-state index contributed by atoms with van der Waals surface area (Å²) in [5, 5.41) is 0.962. The maximum Gasteiger partial charge on any atom is 0.288 e. The second kappa shape index (κ2) is 4.61. The number of nitrogens with one attached hydrogen (secondary N) is 2. The van der Waals surface area contributed by atoms with E-state index in [1.54, 1.807) is 6.07 Å². The van der Waals surface area contributed by atoms with E-state index < -0.39 is 5.91 Å². The Hall–Kier alpha value is -2.43. The van der Waals surface area contributed by atoms with Crippen molar-refractivity contribution in [1.29, 1.82) is 0 Å². The second-order valence-electron chi connectivity index (χ2n) is 3.52. The predicted octanol–water partition coefficient (Wildman–Crippen LogP) is 1.02. The summed E-state index contributed by atoms with van der Waals surface area (Å²) in [6.45, 7) is 1.31. The van der Waals surface area contributed by atoms with Crippen LogP contribution in [0.5, 0.6) is 0 Å². The molecule has 17 heavy (non-hydrogen) atoms. The summed E-state index contributed by atoms with van der Waals surface area (Å²) in [5.41, 5.74) is 5.48. The van der Waals surface area contributed by atoms with Gasteiger partial charge >= 0.3 is 0 Å². The van der Waals surface area contributed by atoms with Crippen LogP contribution in [0.3, 0.4) is 0 Å². The normalized spacial score (nSPS) is 9.94. The maximum absolute atomic E-state index is 11.6. The number of amides is 2. The summed E-state index contributed by atoms with van der Waals surface area (Å²) >= 11 is 0. The molecule has 0 radical (unpaired) electrons. The molecule has 0 atom stereocenters. The Kier molecular flexibility index (Phi) is 3.00. The molecule has 0 saturated heterocycles. The first-order valence-electron chi connectivity index (χ1n) is 5.09. The van der Waals surface area contributed by atoms with Crippen molar-refractivity contribution in [2.45, 2.75) is 6.92 Å². The van der Waals surface area contributed by atoms with Gasteiger partial charge in [-0.05, 0) is 12.1 Å². The van der Waals surface area contributed by atoms with E-state index in [0.29, 0.717) is 0 Å². The van der Waals surface area contributed by atoms with Crippen molar-refractivity contribution < 1.29 is 9.59 Å². The van der Waals surface area contributed by atoms with Gasteiger partial charge in [0.1, 0.15) is 5.69 Å². The second-order valence-corrected chi connectivity index (χ2v) is 3.52. The summed E-state index contributed by atoms with van der Waals surface area (Å²) in [5.74, 6) is -0.773. The molecular formula is C12H11N3O2. The van der Waals surface area contributed by atoms with Crippen LogP contribution in [0.2, 0.25) is 0 Å². The number of pyridine rings is 1. The molecule has 0 aliphatic heterocycles. The summed E-state index contributed by atoms with van der Waals surface area (Å²) in [6.07, 6.45) is 0. The molecule has 1 heterocycles. The van der Waals surface area contributed by atoms with Gasteiger partial charge in [0.25, 0.3) is 5.91 Å². The molecule has 0 saturated carbocycles. The summed E-state index contributed by atoms with van der Waals surface area (Å²) in [6, 6.07) is 10.9. The first kappa shape index (κ1) is 11.1. The molecule has 5 heteroatoms. The van der Waals surface area contributed by atoms with Crippen LogP contribution in [0.25, 0.3) is 10.9 Å². The highest BCUT2D eigenvalue weighted by Gasteiger charge is 2.07. The topological polar surface area (TPSA) is 71.1 Å². The number of rotatable bonds is 1. The van der Waals surface area contributed by atoms with Gasteiger partial charge in [-0.1, -0.05) is 24.3 Å². The number of para-hydroxylation sites is 1. The zero-order valence-corrected chi connectivity index (χ0v) is 9.23. The molecule has 2 amide bonds. The number of carbonyl (C=O) groups excluding carboxylic acids is 2. The van der Waals surface area contributed by atoms with Crippen molar-refractivity contribution in [3.8, 4) is 0 Å². The lowest BCUT2D eigenvalue weighted by Gasteiger charge is -2.05. The van der Waals surface area contributed by atoms with Gasteiger partial charge in [0, 0.05) is 12.3 Å². The van der Waals surface area contributed by atoms with Crippen molar-refractivity contribution in [3.63, 3.8) is 0 Å². The third kappa shape index (κ3) is 2.57. The summed E-state index contributed by atoms with van der Waals surface area (Å²) in [7, 11) is 0. The van der Waals surface area contributed by atoms with Gasteiger partial charge in [-0.15, -0.1) is 0 Å². The average molecular weight is 229 g/mol. The number of benzene rings is 1. The molecule has 86 valence electrons. The monoisotopic (exact) mass is 229 g/mol. The van der Waals surface area contributed by atoms with Gasteiger partial charge < -0.3 is 0 Å². The minimum absolute atomic E-state index is 0.262. The van der Waals surface area contributed by atoms with Crippen molar-refractivity contribution in [3.05, 3.63) is 42.1 Å². The Morgan fingerprint density at radius 1 is 1.06 bits per heavy atom. The fraction of sp³-hybridized carbons (Fsp3) is 0.0833. The minimum Gasteiger partial charge on any atom is -0.274 e. The molecular weight excluding hydrogens is 218 g/mol. The Bertz CT molecular complexity index is 581. The fourth-order valence-electron chi connectivity index (χ4n) is 1.40. The van der Waals surface area contributed by atoms with Crippen LogP contribution in [0.15, 0.2) is 36.4 Å². The van der Waals surface area contributed by atoms with Crippen LogP contribution < -0.4 is 10.9 Å². The summed E-state index contributed by atoms with van der Waals surface area (Å²) in [4.78, 5) is 26.4. The maximum atomic E-state index is 11.6. The smallest absolute Gasteiger partial charge is 0.274 e. The molecule has 0 bridgehead atoms. The fourth-order valence-corrected chi connectivity index (χ4v) is 1.40. The molecule has 0 spiro atoms. The van der Waals surface area contributed by atoms with E-state index >= 15 is 0 Å². The largest absolute Gasteiger partial charge is 0.288 e. The van der Waals surface area contributed by atoms with Gasteiger partial charge in [-0.2, -0.15) is 0 Å². The number of aromatic nitrogens is 1. The quantitative estimate of drug-likeness (QED) is 0.717. The number of hydrogen-bond acceptors (Lipinski definition) is 3. The van der Waals surface area contributed by atoms with Gasteiger partial charge in [0.05, 0.1) is 5.52 Å². The molecule has 0 fully saturated rings. The van der Waals surface area contributed by atoms with Gasteiger partial charge in [-0.3, -0.25) is 20.4 Å². The highest BCUT2D eigenvalue weighted by atomic mass is 16.2. The molecule has 2 rings (SSSR count). The number of fused-ring (bicyclic) bond motifs is 1. The van der Waals surface area contributed by atoms with E-state index in [1.807, 2.05) is 30.3 Å². The third-order valence-corrected chi connectivity index (χ3v) is 2.18. The molecule has 2 N–H and O–H groups in total. The van der Waals surface area contributed by atoms with Crippen molar-refractivity contribution >= 4 is 22.7 Å². The van der Waals surface area contributed by atoms with E-state index in [4.69, 9.17) is 0 Å². The number of hydrazine groups is 1. The Balaban J connectivity index is 2.24. The van der Waals surface area contributed by atoms with E-state index in [2.05, 4.69) is 15.8 Å². The van der Waals surface area contributed by atoms with Crippen LogP contribution in [-0.2, 0) is 4.79 Å². The molecule has 1 aromatic carbocycles.